The van der Waals surface area contributed by atoms with Crippen LogP contribution in [0.25, 0.3) is 16.5 Å². The van der Waals surface area contributed by atoms with Crippen LogP contribution in [-0.2, 0) is 5.41 Å². The summed E-state index contributed by atoms with van der Waals surface area (Å²) in [5, 5.41) is 24.8. The van der Waals surface area contributed by atoms with Gasteiger partial charge >= 0.3 is 30.9 Å². The van der Waals surface area contributed by atoms with Gasteiger partial charge in [0.05, 0.1) is 22.6 Å². The van der Waals surface area contributed by atoms with Crippen LogP contribution < -0.4 is 39.5 Å². The summed E-state index contributed by atoms with van der Waals surface area (Å²) >= 11 is 0. The molecule has 0 unspecified atom stereocenters. The van der Waals surface area contributed by atoms with Gasteiger partial charge in [0, 0.05) is 40.2 Å². The maximum atomic E-state index is 13.4. The molecule has 250 valence electrons. The van der Waals surface area contributed by atoms with Crippen molar-refractivity contribution in [3.05, 3.63) is 120 Å². The first-order valence-electron chi connectivity index (χ1n) is 15.3. The van der Waals surface area contributed by atoms with Crippen LogP contribution in [0.15, 0.2) is 97.2 Å². The van der Waals surface area contributed by atoms with Crippen LogP contribution in [0, 0.1) is 13.8 Å². The van der Waals surface area contributed by atoms with Crippen molar-refractivity contribution in [2.24, 2.45) is 0 Å². The average molecular weight is 666 g/mol. The van der Waals surface area contributed by atoms with Gasteiger partial charge in [-0.15, -0.1) is 0 Å². The minimum atomic E-state index is -1.02. The first-order chi connectivity index (χ1) is 22.9. The summed E-state index contributed by atoms with van der Waals surface area (Å²) in [6, 6.07) is 27.1. The molecular weight excluding hydrogens is 629 g/mol. The molecule has 0 aliphatic rings. The molecule has 6 rings (SSSR count). The van der Waals surface area contributed by atoms with Crippen molar-refractivity contribution < 1.29 is 43.8 Å². The number of carbonyl (C=O) groups excluding carboxylic acids is 1. The second-order valence-corrected chi connectivity index (χ2v) is 12.5. The molecule has 0 saturated heterocycles. The zero-order chi connectivity index (χ0) is 34.0. The molecule has 0 aliphatic carbocycles. The SMILES string of the molecule is Cc1ccc(-n2nc(C(C)(C)C)cc2NC(=O)Nc2ccc(Oc3ccnc(Nc4cc(C)cc(C(=O)O)c4)n3)c3ccccc23)cc1.[Li+].[OH-]. The van der Waals surface area contributed by atoms with E-state index in [-0.39, 0.29) is 47.1 Å². The van der Waals surface area contributed by atoms with E-state index in [0.717, 1.165) is 33.3 Å². The molecule has 4 aromatic carbocycles. The minimum absolute atomic E-state index is 0. The molecule has 2 aromatic heterocycles. The third kappa shape index (κ3) is 8.48. The number of aromatic carboxylic acids is 1. The van der Waals surface area contributed by atoms with E-state index in [1.807, 2.05) is 68.4 Å². The number of amides is 2. The Balaban J connectivity index is 0.00000281. The van der Waals surface area contributed by atoms with Crippen molar-refractivity contribution in [2.75, 3.05) is 16.0 Å². The molecule has 0 saturated carbocycles. The van der Waals surface area contributed by atoms with Crippen molar-refractivity contribution in [2.45, 2.75) is 40.0 Å². The van der Waals surface area contributed by atoms with Crippen molar-refractivity contribution in [1.29, 1.82) is 0 Å². The molecule has 2 heterocycles. The quantitative estimate of drug-likeness (QED) is 0.155. The Labute approximate surface area is 301 Å². The predicted octanol–water partition coefficient (Wildman–Crippen LogP) is 5.44. The van der Waals surface area contributed by atoms with E-state index in [4.69, 9.17) is 9.84 Å². The van der Waals surface area contributed by atoms with Gasteiger partial charge in [-0.25, -0.2) is 19.3 Å². The van der Waals surface area contributed by atoms with E-state index in [9.17, 15) is 14.7 Å². The third-order valence-electron chi connectivity index (χ3n) is 7.56. The van der Waals surface area contributed by atoms with Crippen LogP contribution >= 0.6 is 0 Å². The number of carboxylic acids is 1. The second-order valence-electron chi connectivity index (χ2n) is 12.5. The van der Waals surface area contributed by atoms with E-state index in [1.54, 1.807) is 41.2 Å². The normalized spacial score (nSPS) is 10.8. The van der Waals surface area contributed by atoms with E-state index in [0.29, 0.717) is 22.9 Å². The molecule has 0 fully saturated rings. The van der Waals surface area contributed by atoms with Gasteiger partial charge in [-0.05, 0) is 61.9 Å². The van der Waals surface area contributed by atoms with Crippen LogP contribution in [0.3, 0.4) is 0 Å². The first-order valence-corrected chi connectivity index (χ1v) is 15.3. The number of carboxylic acid groups (broad SMARTS) is 1. The number of fused-ring (bicyclic) bond motifs is 1. The zero-order valence-corrected chi connectivity index (χ0v) is 28.6. The van der Waals surface area contributed by atoms with Gasteiger partial charge in [-0.3, -0.25) is 5.32 Å². The van der Waals surface area contributed by atoms with Gasteiger partial charge in [-0.1, -0.05) is 62.7 Å². The smallest absolute Gasteiger partial charge is 0.870 e. The number of hydrogen-bond donors (Lipinski definition) is 4. The average Bonchev–Trinajstić information content (AvgIpc) is 3.47. The molecular formula is C37H36LiN7O5. The molecule has 5 N–H and O–H groups in total. The first kappa shape index (κ1) is 37.2. The summed E-state index contributed by atoms with van der Waals surface area (Å²) in [6.45, 7) is 10.1. The Morgan fingerprint density at radius 2 is 1.56 bits per heavy atom. The molecule has 2 amide bonds. The summed E-state index contributed by atoms with van der Waals surface area (Å²) in [5.74, 6) is 0.570. The van der Waals surface area contributed by atoms with Crippen molar-refractivity contribution in [1.82, 2.24) is 19.7 Å². The molecule has 0 radical (unpaired) electrons. The van der Waals surface area contributed by atoms with E-state index >= 15 is 0 Å². The van der Waals surface area contributed by atoms with E-state index < -0.39 is 12.0 Å². The summed E-state index contributed by atoms with van der Waals surface area (Å²) in [6.07, 6.45) is 1.55. The number of aromatic nitrogens is 4. The van der Waals surface area contributed by atoms with Gasteiger partial charge in [-0.2, -0.15) is 10.1 Å². The minimum Gasteiger partial charge on any atom is -0.870 e. The Hall–Kier alpha value is -5.67. The van der Waals surface area contributed by atoms with Gasteiger partial charge in [0.15, 0.2) is 0 Å². The van der Waals surface area contributed by atoms with Gasteiger partial charge in [0.1, 0.15) is 11.6 Å². The van der Waals surface area contributed by atoms with Gasteiger partial charge < -0.3 is 26.0 Å². The zero-order valence-electron chi connectivity index (χ0n) is 28.6. The summed E-state index contributed by atoms with van der Waals surface area (Å²) < 4.78 is 7.93. The van der Waals surface area contributed by atoms with Crippen molar-refractivity contribution >= 4 is 45.9 Å². The topological polar surface area (TPSA) is 173 Å². The number of aryl methyl sites for hydroxylation is 2. The van der Waals surface area contributed by atoms with Crippen molar-refractivity contribution in [3.63, 3.8) is 0 Å². The largest absolute Gasteiger partial charge is 1.00 e. The molecule has 0 aliphatic heterocycles. The van der Waals surface area contributed by atoms with Crippen LogP contribution in [0.1, 0.15) is 48.0 Å². The second kappa shape index (κ2) is 15.3. The van der Waals surface area contributed by atoms with Gasteiger partial charge in [0.2, 0.25) is 11.8 Å². The maximum Gasteiger partial charge on any atom is 1.00 e. The number of benzene rings is 4. The number of hydrogen-bond acceptors (Lipinski definition) is 8. The summed E-state index contributed by atoms with van der Waals surface area (Å²) in [7, 11) is 0. The summed E-state index contributed by atoms with van der Waals surface area (Å²) in [4.78, 5) is 33.6. The molecule has 6 aromatic rings. The fourth-order valence-electron chi connectivity index (χ4n) is 5.14. The number of rotatable bonds is 8. The van der Waals surface area contributed by atoms with Crippen LogP contribution in [-0.4, -0.2) is 42.3 Å². The van der Waals surface area contributed by atoms with E-state index in [1.165, 1.54) is 6.07 Å². The Bertz CT molecular complexity index is 2160. The molecule has 12 nitrogen and oxygen atoms in total. The molecule has 13 heteroatoms. The number of nitrogens with one attached hydrogen (secondary N) is 3. The number of anilines is 4. The molecule has 50 heavy (non-hydrogen) atoms. The van der Waals surface area contributed by atoms with Crippen molar-refractivity contribution in [3.8, 4) is 17.3 Å². The van der Waals surface area contributed by atoms with Gasteiger partial charge in [0.25, 0.3) is 0 Å². The van der Waals surface area contributed by atoms with E-state index in [2.05, 4.69) is 46.7 Å². The number of carbonyl (C=O) groups is 2. The summed E-state index contributed by atoms with van der Waals surface area (Å²) in [5.41, 5.74) is 4.66. The van der Waals surface area contributed by atoms with Crippen LogP contribution in [0.5, 0.6) is 11.6 Å². The fraction of sp³-hybridized carbons (Fsp3) is 0.162. The molecule has 0 bridgehead atoms. The monoisotopic (exact) mass is 665 g/mol. The maximum absolute atomic E-state index is 13.4. The van der Waals surface area contributed by atoms with Crippen LogP contribution in [0.2, 0.25) is 0 Å². The molecule has 0 atom stereocenters. The number of ether oxygens (including phenoxy) is 1. The number of nitrogens with zero attached hydrogens (tertiary/aromatic N) is 4. The number of urea groups is 1. The fourth-order valence-corrected chi connectivity index (χ4v) is 5.14. The predicted molar refractivity (Wildman–Crippen MR) is 189 cm³/mol. The Kier molecular flexibility index (Phi) is 11.3. The standard InChI is InChI=1S/C37H35N7O4.Li.H2O/c1-22-10-12-26(13-11-22)44-32(21-31(43-44)37(3,4)5)41-36(47)40-29-14-15-30(28-9-7-6-8-27(28)29)48-33-16-17-38-35(42-33)39-25-19-23(2)18-24(20-25)34(45)46;;/h6-21H,1-5H3,(H,45,46)(H,38,39,42)(H2,40,41,47);;1H2/q;+1;/p-1. The Morgan fingerprint density at radius 3 is 2.26 bits per heavy atom. The Morgan fingerprint density at radius 1 is 0.840 bits per heavy atom. The van der Waals surface area contributed by atoms with Crippen LogP contribution in [0.4, 0.5) is 27.9 Å². The third-order valence-corrected chi connectivity index (χ3v) is 7.56. The molecule has 0 spiro atoms.